The van der Waals surface area contributed by atoms with Crippen LogP contribution in [-0.4, -0.2) is 29.7 Å². The van der Waals surface area contributed by atoms with Crippen LogP contribution in [0.15, 0.2) is 6.07 Å². The lowest BCUT2D eigenvalue weighted by atomic mass is 9.94. The van der Waals surface area contributed by atoms with Crippen LogP contribution in [0.4, 0.5) is 5.82 Å². The zero-order valence-electron chi connectivity index (χ0n) is 11.7. The Bertz CT molecular complexity index is 408. The molecule has 0 saturated heterocycles. The average molecular weight is 284 g/mol. The lowest BCUT2D eigenvalue weighted by Gasteiger charge is -2.34. The molecule has 1 saturated carbocycles. The van der Waals surface area contributed by atoms with Crippen molar-refractivity contribution in [2.75, 3.05) is 18.6 Å². The summed E-state index contributed by atoms with van der Waals surface area (Å²) in [6, 6.07) is 2.44. The van der Waals surface area contributed by atoms with E-state index in [9.17, 15) is 0 Å². The highest BCUT2D eigenvalue weighted by Gasteiger charge is 2.21. The molecule has 0 radical (unpaired) electrons. The first kappa shape index (κ1) is 14.5. The Balaban J connectivity index is 2.21. The molecular formula is C14H22ClN3O. The Morgan fingerprint density at radius 3 is 2.68 bits per heavy atom. The van der Waals surface area contributed by atoms with Gasteiger partial charge in [0.05, 0.1) is 0 Å². The second kappa shape index (κ2) is 7.06. The van der Waals surface area contributed by atoms with E-state index in [2.05, 4.69) is 21.8 Å². The van der Waals surface area contributed by atoms with E-state index < -0.39 is 0 Å². The molecule has 0 N–H and O–H groups in total. The smallest absolute Gasteiger partial charge is 0.158 e. The van der Waals surface area contributed by atoms with Crippen molar-refractivity contribution in [3.8, 4) is 0 Å². The third-order valence-corrected chi connectivity index (χ3v) is 3.85. The lowest BCUT2D eigenvalue weighted by molar-refractivity contribution is 0.178. The molecule has 0 atom stereocenters. The van der Waals surface area contributed by atoms with Crippen molar-refractivity contribution < 1.29 is 4.74 Å². The molecule has 0 aliphatic heterocycles. The van der Waals surface area contributed by atoms with Gasteiger partial charge in [0.25, 0.3) is 0 Å². The number of rotatable bonds is 5. The van der Waals surface area contributed by atoms with Gasteiger partial charge in [-0.05, 0) is 19.8 Å². The molecule has 1 aromatic heterocycles. The average Bonchev–Trinajstić information content (AvgIpc) is 2.40. The molecule has 0 aromatic carbocycles. The largest absolute Gasteiger partial charge is 0.377 e. The van der Waals surface area contributed by atoms with Gasteiger partial charge in [-0.15, -0.1) is 0 Å². The third-order valence-electron chi connectivity index (χ3n) is 3.65. The number of hydrogen-bond acceptors (Lipinski definition) is 4. The minimum atomic E-state index is 0.399. The van der Waals surface area contributed by atoms with Gasteiger partial charge in [0, 0.05) is 25.8 Å². The summed E-state index contributed by atoms with van der Waals surface area (Å²) < 4.78 is 5.09. The fourth-order valence-corrected chi connectivity index (χ4v) is 2.99. The van der Waals surface area contributed by atoms with E-state index in [0.29, 0.717) is 23.6 Å². The fourth-order valence-electron chi connectivity index (χ4n) is 2.79. The van der Waals surface area contributed by atoms with Crippen LogP contribution >= 0.6 is 11.6 Å². The van der Waals surface area contributed by atoms with Gasteiger partial charge >= 0.3 is 0 Å². The van der Waals surface area contributed by atoms with Gasteiger partial charge in [-0.2, -0.15) is 0 Å². The number of ether oxygens (including phenoxy) is 1. The minimum absolute atomic E-state index is 0.399. The molecule has 1 aliphatic carbocycles. The van der Waals surface area contributed by atoms with Gasteiger partial charge in [-0.25, -0.2) is 9.97 Å². The summed E-state index contributed by atoms with van der Waals surface area (Å²) in [4.78, 5) is 11.1. The number of aromatic nitrogens is 2. The van der Waals surface area contributed by atoms with Crippen LogP contribution in [0.1, 0.15) is 44.9 Å². The molecule has 0 amide bonds. The molecule has 1 fully saturated rings. The quantitative estimate of drug-likeness (QED) is 0.776. The highest BCUT2D eigenvalue weighted by Crippen LogP contribution is 2.27. The number of halogens is 1. The van der Waals surface area contributed by atoms with Gasteiger partial charge in [-0.3, -0.25) is 0 Å². The van der Waals surface area contributed by atoms with Crippen molar-refractivity contribution in [3.05, 3.63) is 17.0 Å². The van der Waals surface area contributed by atoms with E-state index in [1.807, 2.05) is 6.07 Å². The zero-order chi connectivity index (χ0) is 13.7. The standard InChI is InChI=1S/C14H22ClN3O/c1-3-18(11-7-5-4-6-8-11)14-9-12(15)16-13(17-14)10-19-2/h9,11H,3-8,10H2,1-2H3. The molecule has 0 bridgehead atoms. The van der Waals surface area contributed by atoms with Crippen molar-refractivity contribution in [2.24, 2.45) is 0 Å². The topological polar surface area (TPSA) is 38.2 Å². The molecule has 0 spiro atoms. The van der Waals surface area contributed by atoms with Gasteiger partial charge in [-0.1, -0.05) is 30.9 Å². The second-order valence-corrected chi connectivity index (χ2v) is 5.36. The summed E-state index contributed by atoms with van der Waals surface area (Å²) in [5.74, 6) is 1.58. The summed E-state index contributed by atoms with van der Waals surface area (Å²) in [7, 11) is 1.64. The normalized spacial score (nSPS) is 16.6. The molecule has 1 aliphatic rings. The monoisotopic (exact) mass is 283 g/mol. The van der Waals surface area contributed by atoms with Crippen molar-refractivity contribution in [2.45, 2.75) is 51.7 Å². The summed E-state index contributed by atoms with van der Waals surface area (Å²) in [6.45, 7) is 3.51. The van der Waals surface area contributed by atoms with Crippen LogP contribution in [0.25, 0.3) is 0 Å². The van der Waals surface area contributed by atoms with E-state index in [4.69, 9.17) is 16.3 Å². The van der Waals surface area contributed by atoms with Gasteiger partial charge < -0.3 is 9.64 Å². The van der Waals surface area contributed by atoms with Gasteiger partial charge in [0.1, 0.15) is 17.6 Å². The van der Waals surface area contributed by atoms with Crippen molar-refractivity contribution in [1.82, 2.24) is 9.97 Å². The summed E-state index contributed by atoms with van der Waals surface area (Å²) in [5.41, 5.74) is 0. The van der Waals surface area contributed by atoms with Gasteiger partial charge in [0.15, 0.2) is 5.82 Å². The summed E-state index contributed by atoms with van der Waals surface area (Å²) in [5, 5.41) is 0.492. The number of nitrogens with zero attached hydrogens (tertiary/aromatic N) is 3. The summed E-state index contributed by atoms with van der Waals surface area (Å²) in [6.07, 6.45) is 6.47. The molecule has 106 valence electrons. The maximum Gasteiger partial charge on any atom is 0.158 e. The van der Waals surface area contributed by atoms with Crippen LogP contribution in [-0.2, 0) is 11.3 Å². The molecular weight excluding hydrogens is 262 g/mol. The fraction of sp³-hybridized carbons (Fsp3) is 0.714. The Morgan fingerprint density at radius 2 is 2.05 bits per heavy atom. The van der Waals surface area contributed by atoms with E-state index in [-0.39, 0.29) is 0 Å². The maximum absolute atomic E-state index is 6.09. The number of hydrogen-bond donors (Lipinski definition) is 0. The van der Waals surface area contributed by atoms with Gasteiger partial charge in [0.2, 0.25) is 0 Å². The number of anilines is 1. The highest BCUT2D eigenvalue weighted by atomic mass is 35.5. The van der Waals surface area contributed by atoms with E-state index in [1.165, 1.54) is 32.1 Å². The Labute approximate surface area is 120 Å². The summed E-state index contributed by atoms with van der Waals surface area (Å²) >= 11 is 6.09. The lowest BCUT2D eigenvalue weighted by Crippen LogP contribution is -2.37. The van der Waals surface area contributed by atoms with Crippen LogP contribution in [0.5, 0.6) is 0 Å². The first-order valence-electron chi connectivity index (χ1n) is 7.03. The molecule has 1 heterocycles. The molecule has 2 rings (SSSR count). The SMILES string of the molecule is CCN(c1cc(Cl)nc(COC)n1)C1CCCCC1. The van der Waals surface area contributed by atoms with Crippen LogP contribution in [0, 0.1) is 0 Å². The van der Waals surface area contributed by atoms with E-state index in [0.717, 1.165) is 12.4 Å². The highest BCUT2D eigenvalue weighted by molar-refractivity contribution is 6.29. The second-order valence-electron chi connectivity index (χ2n) is 4.98. The first-order chi connectivity index (χ1) is 9.24. The minimum Gasteiger partial charge on any atom is -0.377 e. The Hall–Kier alpha value is -0.870. The zero-order valence-corrected chi connectivity index (χ0v) is 12.5. The van der Waals surface area contributed by atoms with E-state index >= 15 is 0 Å². The Morgan fingerprint density at radius 1 is 1.32 bits per heavy atom. The van der Waals surface area contributed by atoms with Crippen molar-refractivity contribution in [1.29, 1.82) is 0 Å². The van der Waals surface area contributed by atoms with Crippen molar-refractivity contribution in [3.63, 3.8) is 0 Å². The van der Waals surface area contributed by atoms with Crippen LogP contribution < -0.4 is 4.90 Å². The third kappa shape index (κ3) is 3.80. The Kier molecular flexibility index (Phi) is 5.40. The molecule has 4 nitrogen and oxygen atoms in total. The van der Waals surface area contributed by atoms with Crippen LogP contribution in [0.2, 0.25) is 5.15 Å². The van der Waals surface area contributed by atoms with E-state index in [1.54, 1.807) is 7.11 Å². The molecule has 5 heteroatoms. The maximum atomic E-state index is 6.09. The molecule has 0 unspecified atom stereocenters. The molecule has 19 heavy (non-hydrogen) atoms. The van der Waals surface area contributed by atoms with Crippen LogP contribution in [0.3, 0.4) is 0 Å². The predicted molar refractivity (Wildman–Crippen MR) is 77.6 cm³/mol. The number of methoxy groups -OCH3 is 1. The first-order valence-corrected chi connectivity index (χ1v) is 7.41. The van der Waals surface area contributed by atoms with Crippen molar-refractivity contribution >= 4 is 17.4 Å². The molecule has 1 aromatic rings. The predicted octanol–water partition coefficient (Wildman–Crippen LogP) is 3.44.